The van der Waals surface area contributed by atoms with Crippen molar-refractivity contribution in [3.8, 4) is 11.4 Å². The Hall–Kier alpha value is -3.19. The third-order valence-corrected chi connectivity index (χ3v) is 4.88. The largest absolute Gasteiger partial charge is 0.356 e. The number of para-hydroxylation sites is 1. The van der Waals surface area contributed by atoms with Gasteiger partial charge in [-0.3, -0.25) is 4.79 Å². The van der Waals surface area contributed by atoms with E-state index in [1.807, 2.05) is 57.3 Å². The fourth-order valence-electron chi connectivity index (χ4n) is 3.19. The van der Waals surface area contributed by atoms with E-state index in [1.165, 1.54) is 0 Å². The molecule has 1 aromatic carbocycles. The number of carbonyl (C=O) groups excluding carboxylic acids is 1. The molecule has 4 rings (SSSR count). The molecule has 0 bridgehead atoms. The zero-order chi connectivity index (χ0) is 20.6. The predicted octanol–water partition coefficient (Wildman–Crippen LogP) is 4.89. The number of benzene rings is 1. The maximum atomic E-state index is 12.5. The minimum Gasteiger partial charge on any atom is -0.356 e. The molecule has 3 heterocycles. The number of nitrogens with zero attached hydrogens (tertiary/aromatic N) is 3. The summed E-state index contributed by atoms with van der Waals surface area (Å²) >= 11 is 6.14. The SMILES string of the molecule is CCNC(=O)C(C)(C)Nc1nc(-c2c[nH]c3ncc(Cl)cc23)nc2ccccc12.[HH].[HH].[HH]. The van der Waals surface area contributed by atoms with Gasteiger partial charge in [-0.05, 0) is 39.0 Å². The van der Waals surface area contributed by atoms with Crippen molar-refractivity contribution in [1.82, 2.24) is 25.3 Å². The third kappa shape index (κ3) is 3.61. The molecule has 0 fully saturated rings. The minimum absolute atomic E-state index is 0. The monoisotopic (exact) mass is 414 g/mol. The summed E-state index contributed by atoms with van der Waals surface area (Å²) in [6, 6.07) is 9.53. The Bertz CT molecular complexity index is 1230. The van der Waals surface area contributed by atoms with Crippen LogP contribution < -0.4 is 10.6 Å². The summed E-state index contributed by atoms with van der Waals surface area (Å²) in [4.78, 5) is 29.4. The highest BCUT2D eigenvalue weighted by molar-refractivity contribution is 6.31. The van der Waals surface area contributed by atoms with E-state index in [1.54, 1.807) is 6.20 Å². The lowest BCUT2D eigenvalue weighted by Crippen LogP contribution is -2.48. The van der Waals surface area contributed by atoms with Gasteiger partial charge in [0.05, 0.1) is 10.5 Å². The molecule has 1 amide bonds. The zero-order valence-corrected chi connectivity index (χ0v) is 17.1. The number of hydrogen-bond donors (Lipinski definition) is 3. The molecule has 0 unspecified atom stereocenters. The van der Waals surface area contributed by atoms with Crippen molar-refractivity contribution in [2.45, 2.75) is 26.3 Å². The molecule has 0 spiro atoms. The van der Waals surface area contributed by atoms with Gasteiger partial charge in [-0.1, -0.05) is 23.7 Å². The first-order valence-electron chi connectivity index (χ1n) is 9.35. The van der Waals surface area contributed by atoms with Crippen LogP contribution in [0.15, 0.2) is 42.7 Å². The lowest BCUT2D eigenvalue weighted by atomic mass is 10.0. The van der Waals surface area contributed by atoms with E-state index in [0.29, 0.717) is 28.9 Å². The van der Waals surface area contributed by atoms with E-state index in [-0.39, 0.29) is 10.2 Å². The van der Waals surface area contributed by atoms with E-state index in [0.717, 1.165) is 21.9 Å². The number of aromatic amines is 1. The fourth-order valence-corrected chi connectivity index (χ4v) is 3.35. The van der Waals surface area contributed by atoms with Crippen molar-refractivity contribution in [3.05, 3.63) is 47.7 Å². The highest BCUT2D eigenvalue weighted by Crippen LogP contribution is 2.31. The van der Waals surface area contributed by atoms with Crippen molar-refractivity contribution in [2.75, 3.05) is 11.9 Å². The molecule has 29 heavy (non-hydrogen) atoms. The molecule has 8 heteroatoms. The number of hydrogen-bond acceptors (Lipinski definition) is 5. The van der Waals surface area contributed by atoms with Crippen LogP contribution in [0.1, 0.15) is 25.1 Å². The molecule has 0 saturated carbocycles. The Kier molecular flexibility index (Phi) is 4.84. The number of halogens is 1. The molecule has 3 N–H and O–H groups in total. The van der Waals surface area contributed by atoms with Gasteiger partial charge in [-0.25, -0.2) is 15.0 Å². The first kappa shape index (κ1) is 19.1. The number of aromatic nitrogens is 4. The lowest BCUT2D eigenvalue weighted by molar-refractivity contribution is -0.124. The smallest absolute Gasteiger partial charge is 0.245 e. The van der Waals surface area contributed by atoms with Crippen LogP contribution in [0, 0.1) is 0 Å². The number of fused-ring (bicyclic) bond motifs is 2. The number of likely N-dealkylation sites (N-methyl/N-ethyl adjacent to an activating group) is 1. The van der Waals surface area contributed by atoms with Crippen LogP contribution in [0.5, 0.6) is 0 Å². The summed E-state index contributed by atoms with van der Waals surface area (Å²) in [5, 5.41) is 8.36. The van der Waals surface area contributed by atoms with Crippen molar-refractivity contribution in [2.24, 2.45) is 0 Å². The first-order valence-corrected chi connectivity index (χ1v) is 9.73. The zero-order valence-electron chi connectivity index (χ0n) is 16.4. The standard InChI is InChI=1S/C21H21ClN6O.3H2/c1-4-23-20(29)21(2,3)28-19-13-7-5-6-8-16(13)26-18(27-19)15-11-25-17-14(15)9-12(22)10-24-17;;;/h5-11H,4H2,1-3H3,(H,23,29)(H,24,25)(H,26,27,28);3*1H. The molecule has 0 saturated heterocycles. The number of nitrogens with one attached hydrogen (secondary N) is 3. The Labute approximate surface area is 177 Å². The second-order valence-corrected chi connectivity index (χ2v) is 7.71. The van der Waals surface area contributed by atoms with E-state index in [4.69, 9.17) is 21.6 Å². The predicted molar refractivity (Wildman–Crippen MR) is 122 cm³/mol. The average Bonchev–Trinajstić information content (AvgIpc) is 3.11. The molecular weight excluding hydrogens is 388 g/mol. The van der Waals surface area contributed by atoms with Crippen LogP contribution in [0.3, 0.4) is 0 Å². The Balaban J connectivity index is 0.00000171. The molecule has 154 valence electrons. The second kappa shape index (κ2) is 7.33. The molecule has 0 aliphatic carbocycles. The van der Waals surface area contributed by atoms with Gasteiger partial charge in [0.2, 0.25) is 5.91 Å². The Morgan fingerprint density at radius 2 is 2.03 bits per heavy atom. The van der Waals surface area contributed by atoms with Crippen LogP contribution in [0.2, 0.25) is 5.02 Å². The summed E-state index contributed by atoms with van der Waals surface area (Å²) < 4.78 is 0. The van der Waals surface area contributed by atoms with Crippen molar-refractivity contribution in [1.29, 1.82) is 0 Å². The Morgan fingerprint density at radius 1 is 1.24 bits per heavy atom. The van der Waals surface area contributed by atoms with Crippen LogP contribution in [0.25, 0.3) is 33.3 Å². The van der Waals surface area contributed by atoms with Crippen molar-refractivity contribution >= 4 is 45.3 Å². The van der Waals surface area contributed by atoms with Crippen LogP contribution in [-0.4, -0.2) is 37.9 Å². The third-order valence-electron chi connectivity index (χ3n) is 4.68. The normalized spacial score (nSPS) is 11.7. The van der Waals surface area contributed by atoms with Crippen molar-refractivity contribution in [3.63, 3.8) is 0 Å². The van der Waals surface area contributed by atoms with Gasteiger partial charge < -0.3 is 15.6 Å². The van der Waals surface area contributed by atoms with E-state index < -0.39 is 5.54 Å². The van der Waals surface area contributed by atoms with Gasteiger partial charge in [-0.2, -0.15) is 0 Å². The number of H-pyrrole nitrogens is 1. The van der Waals surface area contributed by atoms with E-state index >= 15 is 0 Å². The minimum atomic E-state index is -0.852. The summed E-state index contributed by atoms with van der Waals surface area (Å²) in [5.74, 6) is 1.01. The fraction of sp³-hybridized carbons (Fsp3) is 0.238. The van der Waals surface area contributed by atoms with Gasteiger partial charge in [0.1, 0.15) is 17.0 Å². The lowest BCUT2D eigenvalue weighted by Gasteiger charge is -2.26. The number of carbonyl (C=O) groups is 1. The van der Waals surface area contributed by atoms with Crippen molar-refractivity contribution < 1.29 is 9.07 Å². The van der Waals surface area contributed by atoms with E-state index in [2.05, 4.69) is 20.6 Å². The molecule has 0 atom stereocenters. The first-order chi connectivity index (χ1) is 13.9. The van der Waals surface area contributed by atoms with Gasteiger partial charge in [0.15, 0.2) is 5.82 Å². The number of anilines is 1. The van der Waals surface area contributed by atoms with Gasteiger partial charge in [0.25, 0.3) is 0 Å². The van der Waals surface area contributed by atoms with Gasteiger partial charge in [0, 0.05) is 39.6 Å². The number of amides is 1. The van der Waals surface area contributed by atoms with Gasteiger partial charge in [-0.15, -0.1) is 0 Å². The molecule has 7 nitrogen and oxygen atoms in total. The molecule has 3 aromatic heterocycles. The highest BCUT2D eigenvalue weighted by Gasteiger charge is 2.28. The molecule has 0 aliphatic heterocycles. The highest BCUT2D eigenvalue weighted by atomic mass is 35.5. The topological polar surface area (TPSA) is 95.6 Å². The summed E-state index contributed by atoms with van der Waals surface area (Å²) in [5.41, 5.74) is 1.42. The molecular formula is C21H27ClN6O. The second-order valence-electron chi connectivity index (χ2n) is 7.27. The van der Waals surface area contributed by atoms with E-state index in [9.17, 15) is 4.79 Å². The maximum Gasteiger partial charge on any atom is 0.245 e. The number of rotatable bonds is 5. The summed E-state index contributed by atoms with van der Waals surface area (Å²) in [6.45, 7) is 6.10. The molecule has 0 aliphatic rings. The quantitative estimate of drug-likeness (QED) is 0.432. The molecule has 4 aromatic rings. The Morgan fingerprint density at radius 3 is 2.83 bits per heavy atom. The molecule has 0 radical (unpaired) electrons. The van der Waals surface area contributed by atoms with Crippen LogP contribution >= 0.6 is 11.6 Å². The van der Waals surface area contributed by atoms with Crippen LogP contribution in [-0.2, 0) is 4.79 Å². The summed E-state index contributed by atoms with van der Waals surface area (Å²) in [7, 11) is 0. The number of pyridine rings is 1. The maximum absolute atomic E-state index is 12.5. The van der Waals surface area contributed by atoms with Gasteiger partial charge >= 0.3 is 0 Å². The summed E-state index contributed by atoms with van der Waals surface area (Å²) in [6.07, 6.45) is 3.41. The average molecular weight is 415 g/mol. The van der Waals surface area contributed by atoms with Crippen LogP contribution in [0.4, 0.5) is 5.82 Å².